The molecule has 5 nitrogen and oxygen atoms in total. The minimum Gasteiger partial charge on any atom is -0.479 e. The van der Waals surface area contributed by atoms with Gasteiger partial charge in [-0.1, -0.05) is 37.3 Å². The topological polar surface area (TPSA) is 75.6 Å². The highest BCUT2D eigenvalue weighted by Gasteiger charge is 2.41. The molecule has 0 saturated carbocycles. The lowest BCUT2D eigenvalue weighted by Crippen LogP contribution is -2.53. The fraction of sp³-hybridized carbons (Fsp3) is 0.529. The van der Waals surface area contributed by atoms with Crippen LogP contribution in [0.4, 0.5) is 0 Å². The fourth-order valence-corrected chi connectivity index (χ4v) is 2.96. The first kappa shape index (κ1) is 16.5. The Balaban J connectivity index is 2.24. The first-order valence-corrected chi connectivity index (χ1v) is 7.72. The highest BCUT2D eigenvalue weighted by molar-refractivity contribution is 5.89. The SMILES string of the molecule is CCC(NC(=O)C1CCOC(C)C1)(C(=O)O)c1ccccc1. The molecule has 2 rings (SSSR count). The largest absolute Gasteiger partial charge is 0.479 e. The number of carbonyl (C=O) groups excluding carboxylic acids is 1. The van der Waals surface area contributed by atoms with Gasteiger partial charge in [0.05, 0.1) is 6.10 Å². The molecule has 1 aromatic rings. The molecular formula is C17H23NO4. The summed E-state index contributed by atoms with van der Waals surface area (Å²) in [7, 11) is 0. The van der Waals surface area contributed by atoms with Gasteiger partial charge in [-0.2, -0.15) is 0 Å². The zero-order chi connectivity index (χ0) is 16.2. The van der Waals surface area contributed by atoms with Crippen molar-refractivity contribution < 1.29 is 19.4 Å². The Morgan fingerprint density at radius 2 is 2.05 bits per heavy atom. The maximum atomic E-state index is 12.6. The Labute approximate surface area is 130 Å². The average molecular weight is 305 g/mol. The molecule has 1 aromatic carbocycles. The fourth-order valence-electron chi connectivity index (χ4n) is 2.96. The van der Waals surface area contributed by atoms with Gasteiger partial charge in [-0.25, -0.2) is 4.79 Å². The molecule has 0 aromatic heterocycles. The van der Waals surface area contributed by atoms with Crippen LogP contribution in [-0.4, -0.2) is 29.7 Å². The summed E-state index contributed by atoms with van der Waals surface area (Å²) in [6, 6.07) is 8.87. The van der Waals surface area contributed by atoms with E-state index in [0.717, 1.165) is 0 Å². The second kappa shape index (κ2) is 6.92. The molecule has 0 aliphatic carbocycles. The van der Waals surface area contributed by atoms with Gasteiger partial charge in [0.1, 0.15) is 0 Å². The molecule has 1 saturated heterocycles. The number of nitrogens with one attached hydrogen (secondary N) is 1. The van der Waals surface area contributed by atoms with Crippen LogP contribution >= 0.6 is 0 Å². The third-order valence-corrected chi connectivity index (χ3v) is 4.35. The number of carboxylic acids is 1. The summed E-state index contributed by atoms with van der Waals surface area (Å²) >= 11 is 0. The van der Waals surface area contributed by atoms with Crippen molar-refractivity contribution in [2.45, 2.75) is 44.8 Å². The predicted octanol–water partition coefficient (Wildman–Crippen LogP) is 2.31. The van der Waals surface area contributed by atoms with Crippen LogP contribution in [-0.2, 0) is 19.9 Å². The molecule has 1 aliphatic heterocycles. The number of rotatable bonds is 5. The molecule has 22 heavy (non-hydrogen) atoms. The normalized spacial score (nSPS) is 24.3. The Morgan fingerprint density at radius 3 is 2.59 bits per heavy atom. The van der Waals surface area contributed by atoms with Crippen LogP contribution in [0.15, 0.2) is 30.3 Å². The molecule has 120 valence electrons. The van der Waals surface area contributed by atoms with Crippen molar-refractivity contribution in [2.24, 2.45) is 5.92 Å². The van der Waals surface area contributed by atoms with Gasteiger partial charge in [-0.05, 0) is 31.7 Å². The van der Waals surface area contributed by atoms with Crippen molar-refractivity contribution in [1.29, 1.82) is 0 Å². The van der Waals surface area contributed by atoms with Crippen molar-refractivity contribution in [3.8, 4) is 0 Å². The highest BCUT2D eigenvalue weighted by atomic mass is 16.5. The van der Waals surface area contributed by atoms with Crippen molar-refractivity contribution in [3.05, 3.63) is 35.9 Å². The van der Waals surface area contributed by atoms with Crippen molar-refractivity contribution in [2.75, 3.05) is 6.61 Å². The maximum Gasteiger partial charge on any atom is 0.334 e. The molecule has 2 N–H and O–H groups in total. The van der Waals surface area contributed by atoms with Gasteiger partial charge in [0.2, 0.25) is 5.91 Å². The lowest BCUT2D eigenvalue weighted by atomic mass is 9.85. The van der Waals surface area contributed by atoms with E-state index in [9.17, 15) is 14.7 Å². The number of hydrogen-bond donors (Lipinski definition) is 2. The molecule has 1 heterocycles. The van der Waals surface area contributed by atoms with E-state index in [1.807, 2.05) is 13.0 Å². The summed E-state index contributed by atoms with van der Waals surface area (Å²) in [5.74, 6) is -1.43. The smallest absolute Gasteiger partial charge is 0.334 e. The number of amides is 1. The van der Waals surface area contributed by atoms with Crippen molar-refractivity contribution >= 4 is 11.9 Å². The van der Waals surface area contributed by atoms with Crippen LogP contribution in [0, 0.1) is 5.92 Å². The zero-order valence-corrected chi connectivity index (χ0v) is 13.0. The van der Waals surface area contributed by atoms with E-state index in [2.05, 4.69) is 5.32 Å². The minimum absolute atomic E-state index is 0.0297. The van der Waals surface area contributed by atoms with Gasteiger partial charge in [0.15, 0.2) is 5.54 Å². The molecule has 1 fully saturated rings. The van der Waals surface area contributed by atoms with E-state index < -0.39 is 11.5 Å². The Bertz CT molecular complexity index is 531. The van der Waals surface area contributed by atoms with E-state index in [-0.39, 0.29) is 24.3 Å². The second-order valence-electron chi connectivity index (χ2n) is 5.82. The summed E-state index contributed by atoms with van der Waals surface area (Å²) in [5, 5.41) is 12.5. The van der Waals surface area contributed by atoms with Crippen LogP contribution in [0.25, 0.3) is 0 Å². The van der Waals surface area contributed by atoms with E-state index in [0.29, 0.717) is 25.0 Å². The van der Waals surface area contributed by atoms with Crippen molar-refractivity contribution in [1.82, 2.24) is 5.32 Å². The molecule has 1 amide bonds. The third-order valence-electron chi connectivity index (χ3n) is 4.35. The monoisotopic (exact) mass is 305 g/mol. The van der Waals surface area contributed by atoms with E-state index in [1.165, 1.54) is 0 Å². The molecule has 0 radical (unpaired) electrons. The second-order valence-corrected chi connectivity index (χ2v) is 5.82. The number of hydrogen-bond acceptors (Lipinski definition) is 3. The summed E-state index contributed by atoms with van der Waals surface area (Å²) in [5.41, 5.74) is -0.779. The summed E-state index contributed by atoms with van der Waals surface area (Å²) < 4.78 is 5.45. The van der Waals surface area contributed by atoms with Gasteiger partial charge >= 0.3 is 5.97 Å². The van der Waals surface area contributed by atoms with Crippen LogP contribution in [0.1, 0.15) is 38.7 Å². The number of aliphatic carboxylic acids is 1. The average Bonchev–Trinajstić information content (AvgIpc) is 2.53. The first-order chi connectivity index (χ1) is 10.5. The van der Waals surface area contributed by atoms with Gasteiger partial charge < -0.3 is 15.2 Å². The molecular weight excluding hydrogens is 282 g/mol. The van der Waals surface area contributed by atoms with Gasteiger partial charge in [0, 0.05) is 12.5 Å². The van der Waals surface area contributed by atoms with Gasteiger partial charge in [-0.3, -0.25) is 4.79 Å². The summed E-state index contributed by atoms with van der Waals surface area (Å²) in [6.45, 7) is 4.24. The first-order valence-electron chi connectivity index (χ1n) is 7.72. The van der Waals surface area contributed by atoms with Gasteiger partial charge in [0.25, 0.3) is 0 Å². The van der Waals surface area contributed by atoms with Crippen LogP contribution in [0.2, 0.25) is 0 Å². The highest BCUT2D eigenvalue weighted by Crippen LogP contribution is 2.28. The van der Waals surface area contributed by atoms with Gasteiger partial charge in [-0.15, -0.1) is 0 Å². The molecule has 1 aliphatic rings. The van der Waals surface area contributed by atoms with Crippen LogP contribution < -0.4 is 5.32 Å². The number of carbonyl (C=O) groups is 2. The van der Waals surface area contributed by atoms with E-state index in [4.69, 9.17) is 4.74 Å². The lowest BCUT2D eigenvalue weighted by Gasteiger charge is -2.33. The summed E-state index contributed by atoms with van der Waals surface area (Å²) in [4.78, 5) is 24.5. The van der Waals surface area contributed by atoms with E-state index >= 15 is 0 Å². The zero-order valence-electron chi connectivity index (χ0n) is 13.0. The van der Waals surface area contributed by atoms with Crippen LogP contribution in [0.3, 0.4) is 0 Å². The Kier molecular flexibility index (Phi) is 5.19. The quantitative estimate of drug-likeness (QED) is 0.875. The number of benzene rings is 1. The molecule has 0 spiro atoms. The number of carboxylic acid groups (broad SMARTS) is 1. The molecule has 5 heteroatoms. The molecule has 0 bridgehead atoms. The summed E-state index contributed by atoms with van der Waals surface area (Å²) in [6.07, 6.45) is 1.57. The molecule has 3 atom stereocenters. The standard InChI is InChI=1S/C17H23NO4/c1-3-17(16(20)21,14-7-5-4-6-8-14)18-15(19)13-9-10-22-12(2)11-13/h4-8,12-13H,3,9-11H2,1-2H3,(H,18,19)(H,20,21). The molecule has 3 unspecified atom stereocenters. The van der Waals surface area contributed by atoms with E-state index in [1.54, 1.807) is 31.2 Å². The lowest BCUT2D eigenvalue weighted by molar-refractivity contribution is -0.150. The number of ether oxygens (including phenoxy) is 1. The Morgan fingerprint density at radius 1 is 1.36 bits per heavy atom. The van der Waals surface area contributed by atoms with Crippen molar-refractivity contribution in [3.63, 3.8) is 0 Å². The predicted molar refractivity (Wildman–Crippen MR) is 82.3 cm³/mol. The van der Waals surface area contributed by atoms with Crippen LogP contribution in [0.5, 0.6) is 0 Å². The maximum absolute atomic E-state index is 12.6. The Hall–Kier alpha value is -1.88. The minimum atomic E-state index is -1.38. The third kappa shape index (κ3) is 3.30.